The zero-order valence-electron chi connectivity index (χ0n) is 22.1. The summed E-state index contributed by atoms with van der Waals surface area (Å²) in [4.78, 5) is 15.8. The fraction of sp³-hybridized carbons (Fsp3) is 0.206. The molecule has 0 bridgehead atoms. The van der Waals surface area contributed by atoms with Gasteiger partial charge in [-0.2, -0.15) is 0 Å². The van der Waals surface area contributed by atoms with Gasteiger partial charge in [0.25, 0.3) is 0 Å². The third-order valence-corrected chi connectivity index (χ3v) is 7.86. The summed E-state index contributed by atoms with van der Waals surface area (Å²) in [5, 5.41) is 1.09. The van der Waals surface area contributed by atoms with Gasteiger partial charge in [0.05, 0.1) is 11.3 Å². The Morgan fingerprint density at radius 2 is 1.42 bits per heavy atom. The SMILES string of the molecule is CCN(CC)c1ccc(C2(c3c(-c4ccccc4)n(CC)c4ccccc34)OC(=O)c3ccccc32)cc1. The Hall–Kier alpha value is -4.31. The van der Waals surface area contributed by atoms with Crippen LogP contribution in [-0.2, 0) is 16.9 Å². The lowest BCUT2D eigenvalue weighted by Crippen LogP contribution is -2.30. The Labute approximate surface area is 224 Å². The van der Waals surface area contributed by atoms with Gasteiger partial charge in [-0.1, -0.05) is 78.9 Å². The van der Waals surface area contributed by atoms with E-state index in [1.165, 1.54) is 0 Å². The Balaban J connectivity index is 1.74. The maximum absolute atomic E-state index is 13.5. The minimum absolute atomic E-state index is 0.291. The molecule has 0 saturated heterocycles. The molecule has 1 aromatic heterocycles. The number of nitrogens with zero attached hydrogens (tertiary/aromatic N) is 2. The number of carbonyl (C=O) groups excluding carboxylic acids is 1. The largest absolute Gasteiger partial charge is 0.440 e. The van der Waals surface area contributed by atoms with E-state index < -0.39 is 5.60 Å². The van der Waals surface area contributed by atoms with Crippen LogP contribution in [0.2, 0.25) is 0 Å². The average Bonchev–Trinajstić information content (AvgIpc) is 3.47. The van der Waals surface area contributed by atoms with Crippen LogP contribution < -0.4 is 4.90 Å². The fourth-order valence-electron chi connectivity index (χ4n) is 6.14. The number of para-hydroxylation sites is 1. The van der Waals surface area contributed by atoms with Crippen LogP contribution in [0.25, 0.3) is 22.2 Å². The van der Waals surface area contributed by atoms with E-state index in [4.69, 9.17) is 4.74 Å². The number of ether oxygens (including phenoxy) is 1. The van der Waals surface area contributed by atoms with Crippen molar-refractivity contribution in [1.29, 1.82) is 0 Å². The normalized spacial score (nSPS) is 16.4. The maximum Gasteiger partial charge on any atom is 0.340 e. The summed E-state index contributed by atoms with van der Waals surface area (Å²) in [7, 11) is 0. The van der Waals surface area contributed by atoms with Crippen LogP contribution in [-0.4, -0.2) is 23.6 Å². The number of esters is 1. The molecular weight excluding hydrogens is 468 g/mol. The lowest BCUT2D eigenvalue weighted by molar-refractivity contribution is 0.0257. The second-order valence-electron chi connectivity index (χ2n) is 9.69. The standard InChI is InChI=1S/C34H32N2O2/c1-4-35(5-2)26-22-20-25(21-23-26)34(29-18-12-10-16-27(29)33(37)38-34)31-28-17-11-13-19-30(28)36(6-3)32(31)24-14-8-7-9-15-24/h7-23H,4-6H2,1-3H3. The fourth-order valence-corrected chi connectivity index (χ4v) is 6.14. The maximum atomic E-state index is 13.5. The first-order valence-electron chi connectivity index (χ1n) is 13.5. The molecule has 6 rings (SSSR count). The van der Waals surface area contributed by atoms with Crippen molar-refractivity contribution >= 4 is 22.6 Å². The van der Waals surface area contributed by atoms with Crippen molar-refractivity contribution in [3.8, 4) is 11.3 Å². The first kappa shape index (κ1) is 24.1. The van der Waals surface area contributed by atoms with Gasteiger partial charge in [0.15, 0.2) is 5.60 Å². The monoisotopic (exact) mass is 500 g/mol. The Bertz CT molecular complexity index is 1610. The number of carbonyl (C=O) groups is 1. The quantitative estimate of drug-likeness (QED) is 0.215. The summed E-state index contributed by atoms with van der Waals surface area (Å²) >= 11 is 0. The highest BCUT2D eigenvalue weighted by Crippen LogP contribution is 2.53. The molecule has 4 aromatic carbocycles. The lowest BCUT2D eigenvalue weighted by Gasteiger charge is -2.32. The number of benzene rings is 4. The van der Waals surface area contributed by atoms with Gasteiger partial charge in [0.1, 0.15) is 0 Å². The smallest absolute Gasteiger partial charge is 0.340 e. The molecule has 5 aromatic rings. The van der Waals surface area contributed by atoms with Gasteiger partial charge in [-0.3, -0.25) is 0 Å². The van der Waals surface area contributed by atoms with Crippen LogP contribution in [0.15, 0.2) is 103 Å². The van der Waals surface area contributed by atoms with Crippen LogP contribution in [0.1, 0.15) is 47.8 Å². The Morgan fingerprint density at radius 1 is 0.763 bits per heavy atom. The van der Waals surface area contributed by atoms with Crippen molar-refractivity contribution in [1.82, 2.24) is 4.57 Å². The summed E-state index contributed by atoms with van der Waals surface area (Å²) in [6.07, 6.45) is 0. The number of aromatic nitrogens is 1. The van der Waals surface area contributed by atoms with Gasteiger partial charge in [-0.15, -0.1) is 0 Å². The summed E-state index contributed by atoms with van der Waals surface area (Å²) in [6.45, 7) is 9.15. The highest BCUT2D eigenvalue weighted by atomic mass is 16.6. The number of fused-ring (bicyclic) bond motifs is 2. The van der Waals surface area contributed by atoms with Crippen LogP contribution >= 0.6 is 0 Å². The zero-order chi connectivity index (χ0) is 26.3. The number of anilines is 1. The third kappa shape index (κ3) is 3.47. The van der Waals surface area contributed by atoms with Gasteiger partial charge in [-0.05, 0) is 50.6 Å². The molecule has 0 fully saturated rings. The molecule has 38 heavy (non-hydrogen) atoms. The third-order valence-electron chi connectivity index (χ3n) is 7.86. The van der Waals surface area contributed by atoms with Crippen molar-refractivity contribution in [2.75, 3.05) is 18.0 Å². The second-order valence-corrected chi connectivity index (χ2v) is 9.69. The minimum atomic E-state index is -1.08. The highest BCUT2D eigenvalue weighted by molar-refractivity contribution is 6.01. The molecule has 190 valence electrons. The van der Waals surface area contributed by atoms with Crippen molar-refractivity contribution in [2.24, 2.45) is 0 Å². The zero-order valence-corrected chi connectivity index (χ0v) is 22.1. The summed E-state index contributed by atoms with van der Waals surface area (Å²) in [5.41, 5.74) is 6.84. The molecule has 1 aliphatic rings. The number of hydrogen-bond acceptors (Lipinski definition) is 3. The van der Waals surface area contributed by atoms with Crippen LogP contribution in [0.3, 0.4) is 0 Å². The predicted molar refractivity (Wildman–Crippen MR) is 155 cm³/mol. The predicted octanol–water partition coefficient (Wildman–Crippen LogP) is 7.64. The lowest BCUT2D eigenvalue weighted by atomic mass is 9.77. The van der Waals surface area contributed by atoms with Crippen molar-refractivity contribution in [2.45, 2.75) is 32.9 Å². The molecule has 1 aliphatic heterocycles. The van der Waals surface area contributed by atoms with Crippen molar-refractivity contribution in [3.63, 3.8) is 0 Å². The molecule has 0 spiro atoms. The molecule has 0 saturated carbocycles. The molecule has 0 aliphatic carbocycles. The Morgan fingerprint density at radius 3 is 2.13 bits per heavy atom. The molecule has 1 unspecified atom stereocenters. The summed E-state index contributed by atoms with van der Waals surface area (Å²) < 4.78 is 8.95. The summed E-state index contributed by atoms with van der Waals surface area (Å²) in [6, 6.07) is 35.3. The van der Waals surface area contributed by atoms with E-state index in [0.717, 1.165) is 64.2 Å². The number of cyclic esters (lactones) is 1. The number of hydrogen-bond donors (Lipinski definition) is 0. The van der Waals surface area contributed by atoms with E-state index >= 15 is 0 Å². The van der Waals surface area contributed by atoms with Crippen LogP contribution in [0.4, 0.5) is 5.69 Å². The molecule has 0 radical (unpaired) electrons. The van der Waals surface area contributed by atoms with E-state index in [2.05, 4.69) is 103 Å². The van der Waals surface area contributed by atoms with E-state index in [9.17, 15) is 4.79 Å². The van der Waals surface area contributed by atoms with Gasteiger partial charge in [-0.25, -0.2) is 4.79 Å². The van der Waals surface area contributed by atoms with E-state index in [-0.39, 0.29) is 5.97 Å². The molecule has 0 N–H and O–H groups in total. The van der Waals surface area contributed by atoms with Gasteiger partial charge >= 0.3 is 5.97 Å². The number of aryl methyl sites for hydroxylation is 1. The van der Waals surface area contributed by atoms with Crippen LogP contribution in [0, 0.1) is 0 Å². The van der Waals surface area contributed by atoms with Gasteiger partial charge in [0.2, 0.25) is 0 Å². The first-order valence-corrected chi connectivity index (χ1v) is 13.5. The highest BCUT2D eigenvalue weighted by Gasteiger charge is 2.51. The Kier molecular flexibility index (Phi) is 6.03. The second kappa shape index (κ2) is 9.53. The van der Waals surface area contributed by atoms with E-state index in [0.29, 0.717) is 5.56 Å². The van der Waals surface area contributed by atoms with E-state index in [1.54, 1.807) is 0 Å². The molecule has 2 heterocycles. The molecule has 4 heteroatoms. The number of rotatable bonds is 7. The molecule has 1 atom stereocenters. The molecule has 4 nitrogen and oxygen atoms in total. The minimum Gasteiger partial charge on any atom is -0.440 e. The first-order chi connectivity index (χ1) is 18.6. The average molecular weight is 501 g/mol. The van der Waals surface area contributed by atoms with E-state index in [1.807, 2.05) is 30.3 Å². The van der Waals surface area contributed by atoms with Gasteiger partial charge in [0, 0.05) is 52.9 Å². The topological polar surface area (TPSA) is 34.5 Å². The molecular formula is C34H32N2O2. The summed E-state index contributed by atoms with van der Waals surface area (Å²) in [5.74, 6) is -0.291. The van der Waals surface area contributed by atoms with Crippen molar-refractivity contribution < 1.29 is 9.53 Å². The molecule has 0 amide bonds. The van der Waals surface area contributed by atoms with Gasteiger partial charge < -0.3 is 14.2 Å². The van der Waals surface area contributed by atoms with Crippen LogP contribution in [0.5, 0.6) is 0 Å². The van der Waals surface area contributed by atoms with Crippen molar-refractivity contribution in [3.05, 3.63) is 125 Å².